The fourth-order valence-corrected chi connectivity index (χ4v) is 7.76. The van der Waals surface area contributed by atoms with Crippen molar-refractivity contribution in [1.29, 1.82) is 0 Å². The van der Waals surface area contributed by atoms with Gasteiger partial charge in [-0.1, -0.05) is 89.9 Å². The minimum absolute atomic E-state index is 0.0225. The molecule has 0 fully saturated rings. The van der Waals surface area contributed by atoms with Gasteiger partial charge in [0.15, 0.2) is 11.1 Å². The monoisotopic (exact) mass is 1060 g/mol. The number of halogens is 2. The van der Waals surface area contributed by atoms with Crippen LogP contribution in [-0.2, 0) is 9.78 Å². The van der Waals surface area contributed by atoms with Crippen LogP contribution < -0.4 is 34.0 Å². The summed E-state index contributed by atoms with van der Waals surface area (Å²) >= 11 is 11.7. The first kappa shape index (κ1) is 55.3. The Morgan fingerprint density at radius 3 is 1.55 bits per heavy atom. The molecule has 386 valence electrons. The van der Waals surface area contributed by atoms with Gasteiger partial charge in [-0.25, -0.2) is 29.5 Å². The molecule has 0 spiro atoms. The van der Waals surface area contributed by atoms with Crippen molar-refractivity contribution in [3.8, 4) is 40.6 Å². The zero-order valence-electron chi connectivity index (χ0n) is 41.4. The number of aromatic amines is 1. The maximum atomic E-state index is 12.1. The molecular weight excluding hydrogens is 1010 g/mol. The Labute approximate surface area is 438 Å². The highest BCUT2D eigenvalue weighted by Crippen LogP contribution is 2.36. The van der Waals surface area contributed by atoms with E-state index in [4.69, 9.17) is 56.7 Å². The van der Waals surface area contributed by atoms with Crippen LogP contribution in [0.15, 0.2) is 144 Å². The summed E-state index contributed by atoms with van der Waals surface area (Å²) in [5, 5.41) is 23.5. The largest absolute Gasteiger partial charge is 0.507 e. The lowest BCUT2D eigenvalue weighted by molar-refractivity contribution is -0.237. The van der Waals surface area contributed by atoms with Gasteiger partial charge in [0.1, 0.15) is 28.2 Å². The molecule has 0 amide bonds. The second-order valence-corrected chi connectivity index (χ2v) is 15.9. The Balaban J connectivity index is 0.000000154. The van der Waals surface area contributed by atoms with Crippen molar-refractivity contribution in [2.24, 2.45) is 0 Å². The van der Waals surface area contributed by atoms with Crippen molar-refractivity contribution in [1.82, 2.24) is 24.9 Å². The summed E-state index contributed by atoms with van der Waals surface area (Å²) in [6.45, 7) is 1.96. The normalized spacial score (nSPS) is 10.3. The molecule has 10 aromatic rings. The molecule has 0 atom stereocenters. The van der Waals surface area contributed by atoms with Gasteiger partial charge in [0.05, 0.1) is 81.9 Å². The molecule has 18 nitrogen and oxygen atoms in total. The Kier molecular flexibility index (Phi) is 19.7. The molecule has 0 aliphatic heterocycles. The number of pyridine rings is 5. The number of para-hydroxylation sites is 5. The standard InChI is InChI=1S/C14H15NO5.C12H11NO4.C11H11NO2.C9H5Cl2N.C9H7NO2/c1-4-19-20-14(16)11-12(17-2)9-7-5-6-8-10(9)15-13(11)18-3;1-16-10-7-5-3-4-6-8(7)13-11(17-2)9(10)12(14)15;1-13-10-7-11(14-2)12-9-6-4-3-5-8(9)10;10-7-5-9(11)12-8-4-2-1-3-6(7)8;11-8-5-9(12)10-7-4-2-1-3-6(7)8/h5-8H,4H2,1-3H3;3-6H,1-2H3,(H,14,15);3-7H,1-2H3;1-5H;1-5H,(H2,10,11,12). The molecule has 5 aromatic carbocycles. The molecule has 5 aromatic heterocycles. The SMILES string of the molecule is CCOOC(=O)c1c(OC)nc2ccccc2c1OC.COc1cc(OC)c2ccccc2n1.COc1nc2ccccc2c(OC)c1C(=O)O.Clc1cc(Cl)c2ccccc2n1.O=c1cc(O)c2ccccc2[nH]1. The first-order valence-electron chi connectivity index (χ1n) is 22.4. The lowest BCUT2D eigenvalue weighted by Crippen LogP contribution is -2.11. The van der Waals surface area contributed by atoms with Gasteiger partial charge in [0.2, 0.25) is 17.6 Å². The quantitative estimate of drug-likeness (QED) is 0.0656. The number of H-pyrrole nitrogens is 1. The molecule has 5 heterocycles. The van der Waals surface area contributed by atoms with E-state index < -0.39 is 11.9 Å². The number of rotatable bonds is 10. The molecule has 0 aliphatic carbocycles. The zero-order valence-corrected chi connectivity index (χ0v) is 42.9. The Bertz CT molecular complexity index is 3670. The highest BCUT2D eigenvalue weighted by molar-refractivity contribution is 6.37. The predicted octanol–water partition coefficient (Wildman–Crippen LogP) is 11.3. The number of nitrogens with zero attached hydrogens (tertiary/aromatic N) is 4. The fourth-order valence-electron chi connectivity index (χ4n) is 7.25. The maximum absolute atomic E-state index is 12.1. The van der Waals surface area contributed by atoms with E-state index in [2.05, 4.69) is 34.7 Å². The number of carbonyl (C=O) groups is 2. The lowest BCUT2D eigenvalue weighted by Gasteiger charge is -2.13. The fraction of sp³-hybridized carbons (Fsp3) is 0.145. The lowest BCUT2D eigenvalue weighted by atomic mass is 10.1. The van der Waals surface area contributed by atoms with Gasteiger partial charge >= 0.3 is 11.9 Å². The van der Waals surface area contributed by atoms with Crippen LogP contribution in [-0.4, -0.2) is 96.3 Å². The van der Waals surface area contributed by atoms with Crippen molar-refractivity contribution < 1.29 is 58.0 Å². The molecule has 0 aliphatic rings. The third-order valence-electron chi connectivity index (χ3n) is 10.5. The van der Waals surface area contributed by atoms with Crippen LogP contribution in [0.5, 0.6) is 40.6 Å². The first-order chi connectivity index (χ1) is 36.3. The molecule has 75 heavy (non-hydrogen) atoms. The Morgan fingerprint density at radius 1 is 0.547 bits per heavy atom. The number of methoxy groups -OCH3 is 6. The number of benzene rings is 5. The van der Waals surface area contributed by atoms with Gasteiger partial charge < -0.3 is 43.6 Å². The Hall–Kier alpha value is -8.97. The summed E-state index contributed by atoms with van der Waals surface area (Å²) in [6, 6.07) is 41.5. The molecule has 3 N–H and O–H groups in total. The van der Waals surface area contributed by atoms with Gasteiger partial charge in [-0.05, 0) is 67.6 Å². The van der Waals surface area contributed by atoms with Crippen LogP contribution in [0, 0.1) is 0 Å². The minimum atomic E-state index is -1.13. The first-order valence-corrected chi connectivity index (χ1v) is 23.1. The number of carboxylic acid groups (broad SMARTS) is 1. The van der Waals surface area contributed by atoms with Crippen molar-refractivity contribution in [2.75, 3.05) is 49.3 Å². The number of hydrogen-bond donors (Lipinski definition) is 3. The molecule has 0 radical (unpaired) electrons. The molecular formula is C55H49Cl2N5O13. The minimum Gasteiger partial charge on any atom is -0.507 e. The summed E-state index contributed by atoms with van der Waals surface area (Å²) in [5.41, 5.74) is 3.41. The van der Waals surface area contributed by atoms with Crippen LogP contribution in [0.3, 0.4) is 0 Å². The van der Waals surface area contributed by atoms with Gasteiger partial charge in [-0.3, -0.25) is 9.68 Å². The molecule has 0 unspecified atom stereocenters. The molecule has 0 saturated heterocycles. The molecule has 0 saturated carbocycles. The third-order valence-corrected chi connectivity index (χ3v) is 11.0. The van der Waals surface area contributed by atoms with E-state index in [-0.39, 0.29) is 46.6 Å². The van der Waals surface area contributed by atoms with E-state index in [1.54, 1.807) is 87.9 Å². The highest BCUT2D eigenvalue weighted by Gasteiger charge is 2.25. The molecule has 10 rings (SSSR count). The number of carboxylic acids is 1. The van der Waals surface area contributed by atoms with Crippen molar-refractivity contribution in [3.63, 3.8) is 0 Å². The number of nitrogens with one attached hydrogen (secondary N) is 1. The van der Waals surface area contributed by atoms with Crippen molar-refractivity contribution in [3.05, 3.63) is 171 Å². The predicted molar refractivity (Wildman–Crippen MR) is 287 cm³/mol. The summed E-state index contributed by atoms with van der Waals surface area (Å²) in [7, 11) is 8.93. The average molecular weight is 1060 g/mol. The smallest absolute Gasteiger partial charge is 0.382 e. The second kappa shape index (κ2) is 26.6. The summed E-state index contributed by atoms with van der Waals surface area (Å²) in [6.07, 6.45) is 0. The van der Waals surface area contributed by atoms with Crippen LogP contribution in [0.2, 0.25) is 10.2 Å². The topological polar surface area (TPSA) is 233 Å². The van der Waals surface area contributed by atoms with E-state index in [0.29, 0.717) is 54.5 Å². The highest BCUT2D eigenvalue weighted by atomic mass is 35.5. The van der Waals surface area contributed by atoms with E-state index in [0.717, 1.165) is 27.6 Å². The average Bonchev–Trinajstić information content (AvgIpc) is 3.43. The number of aromatic hydroxyl groups is 1. The van der Waals surface area contributed by atoms with E-state index in [1.165, 1.54) is 34.5 Å². The number of aromatic nitrogens is 5. The number of fused-ring (bicyclic) bond motifs is 5. The number of hydrogen-bond acceptors (Lipinski definition) is 16. The summed E-state index contributed by atoms with van der Waals surface area (Å²) < 4.78 is 30.9. The number of ether oxygens (including phenoxy) is 6. The Morgan fingerprint density at radius 2 is 1.03 bits per heavy atom. The second-order valence-electron chi connectivity index (χ2n) is 15.1. The maximum Gasteiger partial charge on any atom is 0.382 e. The molecule has 20 heteroatoms. The van der Waals surface area contributed by atoms with E-state index in [1.807, 2.05) is 66.7 Å². The van der Waals surface area contributed by atoms with E-state index >= 15 is 0 Å². The van der Waals surface area contributed by atoms with Gasteiger partial charge in [0.25, 0.3) is 5.56 Å². The number of aromatic carboxylic acids is 1. The molecule has 0 bridgehead atoms. The van der Waals surface area contributed by atoms with Crippen LogP contribution in [0.4, 0.5) is 0 Å². The van der Waals surface area contributed by atoms with Crippen LogP contribution >= 0.6 is 23.2 Å². The summed E-state index contributed by atoms with van der Waals surface area (Å²) in [5.74, 6) is 0.327. The van der Waals surface area contributed by atoms with Crippen LogP contribution in [0.1, 0.15) is 27.6 Å². The zero-order chi connectivity index (χ0) is 54.0. The summed E-state index contributed by atoms with van der Waals surface area (Å²) in [4.78, 5) is 62.9. The van der Waals surface area contributed by atoms with Crippen molar-refractivity contribution >= 4 is 89.7 Å². The third kappa shape index (κ3) is 13.6. The van der Waals surface area contributed by atoms with Gasteiger partial charge in [-0.15, -0.1) is 0 Å². The van der Waals surface area contributed by atoms with E-state index in [9.17, 15) is 19.5 Å². The van der Waals surface area contributed by atoms with Crippen molar-refractivity contribution in [2.45, 2.75) is 6.92 Å². The van der Waals surface area contributed by atoms with Gasteiger partial charge in [0, 0.05) is 39.1 Å². The number of carbonyl (C=O) groups excluding carboxylic acids is 1. The van der Waals surface area contributed by atoms with Crippen LogP contribution in [0.25, 0.3) is 54.5 Å². The van der Waals surface area contributed by atoms with Gasteiger partial charge in [-0.2, -0.15) is 4.89 Å².